The van der Waals surface area contributed by atoms with Crippen molar-refractivity contribution in [3.63, 3.8) is 0 Å². The van der Waals surface area contributed by atoms with E-state index in [1.54, 1.807) is 0 Å². The minimum absolute atomic E-state index is 0.0180. The first-order valence-corrected chi connectivity index (χ1v) is 7.54. The van der Waals surface area contributed by atoms with E-state index in [4.69, 9.17) is 4.74 Å². The zero-order chi connectivity index (χ0) is 14.7. The summed E-state index contributed by atoms with van der Waals surface area (Å²) in [6.45, 7) is 6.11. The summed E-state index contributed by atoms with van der Waals surface area (Å²) >= 11 is 2.22. The van der Waals surface area contributed by atoms with Crippen LogP contribution in [0.5, 0.6) is 5.75 Å². The fourth-order valence-corrected chi connectivity index (χ4v) is 2.56. The van der Waals surface area contributed by atoms with Crippen LogP contribution in [0, 0.1) is 24.3 Å². The van der Waals surface area contributed by atoms with Gasteiger partial charge in [0.15, 0.2) is 12.4 Å². The van der Waals surface area contributed by atoms with Crippen molar-refractivity contribution in [2.24, 2.45) is 0 Å². The largest absolute Gasteiger partial charge is 0.485 e. The summed E-state index contributed by atoms with van der Waals surface area (Å²) < 4.78 is 6.67. The van der Waals surface area contributed by atoms with Crippen molar-refractivity contribution in [2.75, 3.05) is 6.61 Å². The van der Waals surface area contributed by atoms with Gasteiger partial charge >= 0.3 is 0 Å². The summed E-state index contributed by atoms with van der Waals surface area (Å²) in [5.74, 6) is 0.746. The highest BCUT2D eigenvalue weighted by molar-refractivity contribution is 14.1. The number of ether oxygens (including phenoxy) is 1. The Morgan fingerprint density at radius 1 is 1.05 bits per heavy atom. The molecular formula is C17H17IO2. The number of rotatable bonds is 4. The van der Waals surface area contributed by atoms with Crippen LogP contribution in [-0.4, -0.2) is 12.4 Å². The molecule has 0 spiro atoms. The molecule has 104 valence electrons. The van der Waals surface area contributed by atoms with E-state index in [-0.39, 0.29) is 12.4 Å². The van der Waals surface area contributed by atoms with Crippen molar-refractivity contribution in [1.82, 2.24) is 0 Å². The predicted octanol–water partition coefficient (Wildman–Crippen LogP) is 4.48. The molecule has 0 fully saturated rings. The molecule has 2 aromatic carbocycles. The molecular weight excluding hydrogens is 363 g/mol. The third kappa shape index (κ3) is 3.60. The summed E-state index contributed by atoms with van der Waals surface area (Å²) in [7, 11) is 0. The van der Waals surface area contributed by atoms with E-state index in [1.807, 2.05) is 50.2 Å². The average Bonchev–Trinajstić information content (AvgIpc) is 2.40. The maximum Gasteiger partial charge on any atom is 0.200 e. The van der Waals surface area contributed by atoms with E-state index in [0.29, 0.717) is 0 Å². The van der Waals surface area contributed by atoms with Crippen molar-refractivity contribution < 1.29 is 9.53 Å². The lowest BCUT2D eigenvalue weighted by Crippen LogP contribution is -2.13. The number of hydrogen-bond donors (Lipinski definition) is 0. The molecule has 0 aromatic heterocycles. The summed E-state index contributed by atoms with van der Waals surface area (Å²) in [5, 5.41) is 0. The molecule has 0 unspecified atom stereocenters. The van der Waals surface area contributed by atoms with E-state index in [1.165, 1.54) is 5.56 Å². The second-order valence-corrected chi connectivity index (χ2v) is 6.17. The topological polar surface area (TPSA) is 26.3 Å². The Kier molecular flexibility index (Phi) is 4.81. The van der Waals surface area contributed by atoms with Gasteiger partial charge in [0, 0.05) is 9.13 Å². The van der Waals surface area contributed by atoms with Crippen LogP contribution in [0.4, 0.5) is 0 Å². The molecule has 0 aliphatic rings. The Morgan fingerprint density at radius 2 is 1.75 bits per heavy atom. The van der Waals surface area contributed by atoms with E-state index >= 15 is 0 Å². The molecule has 0 saturated heterocycles. The van der Waals surface area contributed by atoms with Gasteiger partial charge in [-0.05, 0) is 84.3 Å². The van der Waals surface area contributed by atoms with E-state index in [9.17, 15) is 4.79 Å². The summed E-state index contributed by atoms with van der Waals surface area (Å²) in [6.07, 6.45) is 0. The standard InChI is InChI=1S/C17H17IO2/c1-11-7-13(3)16(8-12(11)2)17(19)10-20-15-6-4-5-14(18)9-15/h4-9H,10H2,1-3H3. The zero-order valence-corrected chi connectivity index (χ0v) is 14.0. The quantitative estimate of drug-likeness (QED) is 0.578. The number of halogens is 1. The maximum absolute atomic E-state index is 12.3. The second-order valence-electron chi connectivity index (χ2n) is 4.92. The third-order valence-electron chi connectivity index (χ3n) is 3.31. The molecule has 0 amide bonds. The van der Waals surface area contributed by atoms with E-state index in [0.717, 1.165) is 26.0 Å². The fourth-order valence-electron chi connectivity index (χ4n) is 2.04. The van der Waals surface area contributed by atoms with Gasteiger partial charge in [-0.1, -0.05) is 12.1 Å². The minimum atomic E-state index is 0.0180. The molecule has 2 rings (SSSR count). The van der Waals surface area contributed by atoms with Gasteiger partial charge in [-0.3, -0.25) is 4.79 Å². The van der Waals surface area contributed by atoms with Crippen LogP contribution in [0.25, 0.3) is 0 Å². The number of benzene rings is 2. The number of hydrogen-bond acceptors (Lipinski definition) is 2. The number of carbonyl (C=O) groups is 1. The molecule has 0 radical (unpaired) electrons. The zero-order valence-electron chi connectivity index (χ0n) is 11.9. The summed E-state index contributed by atoms with van der Waals surface area (Å²) in [5.41, 5.74) is 4.09. The first kappa shape index (κ1) is 15.0. The van der Waals surface area contributed by atoms with Gasteiger partial charge in [0.2, 0.25) is 0 Å². The monoisotopic (exact) mass is 380 g/mol. The Hall–Kier alpha value is -1.36. The molecule has 0 N–H and O–H groups in total. The van der Waals surface area contributed by atoms with Gasteiger partial charge < -0.3 is 4.74 Å². The molecule has 2 nitrogen and oxygen atoms in total. The Labute approximate surface area is 133 Å². The molecule has 0 heterocycles. The van der Waals surface area contributed by atoms with Gasteiger partial charge in [-0.2, -0.15) is 0 Å². The average molecular weight is 380 g/mol. The van der Waals surface area contributed by atoms with Crippen LogP contribution in [0.3, 0.4) is 0 Å². The van der Waals surface area contributed by atoms with Crippen LogP contribution in [0.1, 0.15) is 27.0 Å². The van der Waals surface area contributed by atoms with Crippen LogP contribution >= 0.6 is 22.6 Å². The molecule has 2 aromatic rings. The van der Waals surface area contributed by atoms with Gasteiger partial charge in [0.25, 0.3) is 0 Å². The van der Waals surface area contributed by atoms with Crippen LogP contribution in [0.2, 0.25) is 0 Å². The number of carbonyl (C=O) groups excluding carboxylic acids is 1. The highest BCUT2D eigenvalue weighted by Crippen LogP contribution is 2.18. The van der Waals surface area contributed by atoms with Crippen molar-refractivity contribution in [2.45, 2.75) is 20.8 Å². The Balaban J connectivity index is 2.11. The van der Waals surface area contributed by atoms with Gasteiger partial charge in [0.1, 0.15) is 5.75 Å². The van der Waals surface area contributed by atoms with E-state index in [2.05, 4.69) is 29.5 Å². The molecule has 0 aliphatic carbocycles. The molecule has 0 bridgehead atoms. The predicted molar refractivity (Wildman–Crippen MR) is 89.6 cm³/mol. The minimum Gasteiger partial charge on any atom is -0.485 e. The fraction of sp³-hybridized carbons (Fsp3) is 0.235. The molecule has 0 saturated carbocycles. The maximum atomic E-state index is 12.3. The smallest absolute Gasteiger partial charge is 0.200 e. The second kappa shape index (κ2) is 6.39. The van der Waals surface area contributed by atoms with Crippen molar-refractivity contribution in [1.29, 1.82) is 0 Å². The first-order chi connectivity index (χ1) is 9.47. The normalized spacial score (nSPS) is 10.4. The molecule has 3 heteroatoms. The van der Waals surface area contributed by atoms with E-state index < -0.39 is 0 Å². The third-order valence-corrected chi connectivity index (χ3v) is 3.98. The summed E-state index contributed by atoms with van der Waals surface area (Å²) in [6, 6.07) is 11.7. The van der Waals surface area contributed by atoms with Crippen LogP contribution in [0.15, 0.2) is 36.4 Å². The lowest BCUT2D eigenvalue weighted by Gasteiger charge is -2.10. The van der Waals surface area contributed by atoms with Gasteiger partial charge in [0.05, 0.1) is 0 Å². The SMILES string of the molecule is Cc1cc(C)c(C(=O)COc2cccc(I)c2)cc1C. The van der Waals surface area contributed by atoms with Crippen LogP contribution < -0.4 is 4.74 Å². The molecule has 20 heavy (non-hydrogen) atoms. The Morgan fingerprint density at radius 3 is 2.45 bits per heavy atom. The van der Waals surface area contributed by atoms with Crippen molar-refractivity contribution >= 4 is 28.4 Å². The van der Waals surface area contributed by atoms with Crippen LogP contribution in [-0.2, 0) is 0 Å². The number of Topliss-reactive ketones (excluding diaryl/α,β-unsaturated/α-hetero) is 1. The molecule has 0 aliphatic heterocycles. The highest BCUT2D eigenvalue weighted by atomic mass is 127. The Bertz CT molecular complexity index is 647. The first-order valence-electron chi connectivity index (χ1n) is 6.47. The van der Waals surface area contributed by atoms with Crippen molar-refractivity contribution in [3.8, 4) is 5.75 Å². The van der Waals surface area contributed by atoms with Gasteiger partial charge in [-0.15, -0.1) is 0 Å². The number of aryl methyl sites for hydroxylation is 3. The highest BCUT2D eigenvalue weighted by Gasteiger charge is 2.11. The number of ketones is 1. The summed E-state index contributed by atoms with van der Waals surface area (Å²) in [4.78, 5) is 12.3. The van der Waals surface area contributed by atoms with Gasteiger partial charge in [-0.25, -0.2) is 0 Å². The van der Waals surface area contributed by atoms with Crippen molar-refractivity contribution in [3.05, 3.63) is 62.2 Å². The molecule has 0 atom stereocenters. The lowest BCUT2D eigenvalue weighted by molar-refractivity contribution is 0.0921. The lowest BCUT2D eigenvalue weighted by atomic mass is 9.98.